The zero-order valence-corrected chi connectivity index (χ0v) is 54.4. The van der Waals surface area contributed by atoms with Crippen molar-refractivity contribution in [3.8, 4) is 11.4 Å². The number of halogens is 1. The molecule has 5 heterocycles. The Labute approximate surface area is 553 Å². The number of ketones is 2. The highest BCUT2D eigenvalue weighted by Gasteiger charge is 2.46. The van der Waals surface area contributed by atoms with Crippen LogP contribution in [0.15, 0.2) is 47.3 Å². The summed E-state index contributed by atoms with van der Waals surface area (Å²) in [5, 5.41) is 41.8. The minimum absolute atomic E-state index is 0.0139. The molecule has 27 nitrogen and oxygen atoms in total. The maximum absolute atomic E-state index is 15.5. The molecule has 0 saturated carbocycles. The molecule has 1 fully saturated rings. The van der Waals surface area contributed by atoms with Gasteiger partial charge in [-0.25, -0.2) is 14.2 Å². The third kappa shape index (κ3) is 18.2. The maximum Gasteiger partial charge on any atom is 0.343 e. The Balaban J connectivity index is 0.810. The number of aliphatic hydroxyl groups is 2. The van der Waals surface area contributed by atoms with E-state index in [2.05, 4.69) is 21.3 Å². The number of cyclic esters (lactones) is 1. The molecule has 0 radical (unpaired) electrons. The Bertz CT molecular complexity index is 3660. The number of carbonyl (C=O) groups is 11. The van der Waals surface area contributed by atoms with Crippen LogP contribution in [0.4, 0.5) is 4.39 Å². The molecule has 3 aliphatic heterocycles. The zero-order chi connectivity index (χ0) is 69.2. The van der Waals surface area contributed by atoms with Crippen LogP contribution in [0.2, 0.25) is 0 Å². The van der Waals surface area contributed by atoms with Gasteiger partial charge in [0, 0.05) is 93.1 Å². The van der Waals surface area contributed by atoms with Crippen LogP contribution in [-0.4, -0.2) is 184 Å². The third-order valence-corrected chi connectivity index (χ3v) is 17.9. The molecule has 4 aliphatic rings. The number of ether oxygens (including phenoxy) is 4. The van der Waals surface area contributed by atoms with Crippen LogP contribution in [0.25, 0.3) is 22.3 Å². The Kier molecular flexibility index (Phi) is 26.1. The molecule has 0 bridgehead atoms. The molecule has 2 aromatic heterocycles. The molecular weight excluding hydrogens is 1250 g/mol. The number of imide groups is 1. The van der Waals surface area contributed by atoms with Gasteiger partial charge in [0.05, 0.1) is 100 Å². The van der Waals surface area contributed by atoms with Gasteiger partial charge in [-0.3, -0.25) is 57.6 Å². The first-order valence-electron chi connectivity index (χ1n) is 32.8. The highest BCUT2D eigenvalue weighted by molar-refractivity contribution is 6.03. The molecule has 1 aliphatic carbocycles. The smallest absolute Gasteiger partial charge is 0.343 e. The van der Waals surface area contributed by atoms with Gasteiger partial charge < -0.3 is 65.0 Å². The normalized spacial score (nSPS) is 17.4. The Morgan fingerprint density at radius 3 is 2.25 bits per heavy atom. The lowest BCUT2D eigenvalue weighted by molar-refractivity contribution is -0.172. The summed E-state index contributed by atoms with van der Waals surface area (Å²) in [5.74, 6) is -7.82. The lowest BCUT2D eigenvalue weighted by Crippen LogP contribution is -2.52. The summed E-state index contributed by atoms with van der Waals surface area (Å²) < 4.78 is 38.4. The number of aromatic nitrogens is 2. The number of fused-ring (bicyclic) bond motifs is 5. The number of hydrogen-bond acceptors (Lipinski definition) is 19. The number of rotatable bonds is 39. The van der Waals surface area contributed by atoms with Gasteiger partial charge in [0.15, 0.2) is 17.2 Å². The third-order valence-electron chi connectivity index (χ3n) is 17.9. The minimum Gasteiger partial charge on any atom is -0.481 e. The van der Waals surface area contributed by atoms with E-state index in [1.807, 2.05) is 0 Å². The second-order valence-electron chi connectivity index (χ2n) is 24.5. The summed E-state index contributed by atoms with van der Waals surface area (Å²) >= 11 is 0. The van der Waals surface area contributed by atoms with Gasteiger partial charge >= 0.3 is 11.9 Å². The van der Waals surface area contributed by atoms with Crippen LogP contribution in [0.3, 0.4) is 0 Å². The summed E-state index contributed by atoms with van der Waals surface area (Å²) in [6, 6.07) is 8.41. The van der Waals surface area contributed by atoms with E-state index < -0.39 is 114 Å². The summed E-state index contributed by atoms with van der Waals surface area (Å²) in [5.41, 5.74) is 1.96. The molecule has 28 heteroatoms. The predicted molar refractivity (Wildman–Crippen MR) is 341 cm³/mol. The van der Waals surface area contributed by atoms with E-state index in [-0.39, 0.29) is 166 Å². The van der Waals surface area contributed by atoms with Crippen molar-refractivity contribution >= 4 is 75.8 Å². The summed E-state index contributed by atoms with van der Waals surface area (Å²) in [4.78, 5) is 166. The van der Waals surface area contributed by atoms with Gasteiger partial charge in [-0.05, 0) is 80.2 Å². The number of pyridine rings is 2. The number of carboxylic acids is 1. The number of unbranched alkanes of at least 4 members (excludes halogenated alkanes) is 2. The van der Waals surface area contributed by atoms with E-state index in [9.17, 15) is 67.7 Å². The van der Waals surface area contributed by atoms with E-state index in [4.69, 9.17) is 29.0 Å². The average molecular weight is 1340 g/mol. The molecule has 4 aromatic rings. The summed E-state index contributed by atoms with van der Waals surface area (Å²) in [7, 11) is 0. The minimum atomic E-state index is -2.06. The average Bonchev–Trinajstić information content (AvgIpc) is 1.49. The second-order valence-corrected chi connectivity index (χ2v) is 24.5. The largest absolute Gasteiger partial charge is 0.481 e. The highest BCUT2D eigenvalue weighted by atomic mass is 19.1. The molecule has 0 spiro atoms. The molecule has 96 heavy (non-hydrogen) atoms. The van der Waals surface area contributed by atoms with E-state index in [0.29, 0.717) is 70.2 Å². The van der Waals surface area contributed by atoms with Crippen molar-refractivity contribution < 1.29 is 91.4 Å². The van der Waals surface area contributed by atoms with Crippen molar-refractivity contribution in [2.24, 2.45) is 5.92 Å². The van der Waals surface area contributed by atoms with E-state index in [1.54, 1.807) is 57.2 Å². The first-order chi connectivity index (χ1) is 46.0. The van der Waals surface area contributed by atoms with E-state index in [1.165, 1.54) is 15.5 Å². The van der Waals surface area contributed by atoms with Crippen molar-refractivity contribution in [1.29, 1.82) is 0 Å². The Morgan fingerprint density at radius 1 is 0.833 bits per heavy atom. The number of aliphatic hydroxyl groups excluding tert-OH is 1. The number of likely N-dealkylation sites (tertiary alicyclic amines) is 1. The fourth-order valence-electron chi connectivity index (χ4n) is 12.6. The Hall–Kier alpha value is -8.70. The van der Waals surface area contributed by atoms with Crippen LogP contribution in [0, 0.1) is 18.7 Å². The molecule has 2 aromatic carbocycles. The van der Waals surface area contributed by atoms with Gasteiger partial charge in [0.2, 0.25) is 41.4 Å². The van der Waals surface area contributed by atoms with Crippen molar-refractivity contribution in [3.05, 3.63) is 97.6 Å². The lowest BCUT2D eigenvalue weighted by Gasteiger charge is -2.31. The van der Waals surface area contributed by atoms with Gasteiger partial charge in [0.25, 0.3) is 5.56 Å². The maximum atomic E-state index is 15.5. The highest BCUT2D eigenvalue weighted by Crippen LogP contribution is 2.46. The molecule has 8 rings (SSSR count). The molecule has 518 valence electrons. The lowest BCUT2D eigenvalue weighted by atomic mass is 9.81. The van der Waals surface area contributed by atoms with E-state index >= 15 is 4.39 Å². The van der Waals surface area contributed by atoms with Crippen molar-refractivity contribution in [2.45, 2.75) is 160 Å². The number of nitrogens with zero attached hydrogens (tertiary/aromatic N) is 4. The van der Waals surface area contributed by atoms with Gasteiger partial charge in [-0.15, -0.1) is 0 Å². The molecule has 5 atom stereocenters. The van der Waals surface area contributed by atoms with Crippen molar-refractivity contribution in [1.82, 2.24) is 40.6 Å². The number of nitrogens with one attached hydrogen (secondary N) is 4. The number of Topliss-reactive ketones (excluding diaryl/α,β-unsaturated/α-hetero) is 2. The number of hydrogen-bond donors (Lipinski definition) is 7. The second kappa shape index (κ2) is 34.3. The van der Waals surface area contributed by atoms with Crippen LogP contribution >= 0.6 is 0 Å². The van der Waals surface area contributed by atoms with Crippen LogP contribution in [0.1, 0.15) is 149 Å². The number of carbonyl (C=O) groups excluding carboxylic acids is 10. The summed E-state index contributed by atoms with van der Waals surface area (Å²) in [6.45, 7) is 4.69. The first kappa shape index (κ1) is 73.1. The van der Waals surface area contributed by atoms with Gasteiger partial charge in [-0.2, -0.15) is 0 Å². The van der Waals surface area contributed by atoms with Crippen LogP contribution < -0.4 is 26.8 Å². The molecular formula is C68H85FN8O19. The number of benzene rings is 2. The first-order valence-corrected chi connectivity index (χ1v) is 32.8. The Morgan fingerprint density at radius 2 is 1.55 bits per heavy atom. The molecule has 7 N–H and O–H groups in total. The number of amides is 7. The van der Waals surface area contributed by atoms with Gasteiger partial charge in [0.1, 0.15) is 18.5 Å². The molecule has 7 amide bonds. The number of aliphatic carboxylic acids is 1. The topological polar surface area (TPSA) is 375 Å². The van der Waals surface area contributed by atoms with Crippen LogP contribution in [-0.2, 0) is 103 Å². The number of aryl methyl sites for hydroxylation is 1. The fourth-order valence-corrected chi connectivity index (χ4v) is 12.6. The van der Waals surface area contributed by atoms with Crippen molar-refractivity contribution in [2.75, 3.05) is 72.4 Å². The molecule has 1 saturated heterocycles. The van der Waals surface area contributed by atoms with Gasteiger partial charge in [-0.1, -0.05) is 50.6 Å². The van der Waals surface area contributed by atoms with Crippen molar-refractivity contribution in [3.63, 3.8) is 0 Å². The molecule has 1 unspecified atom stereocenters. The predicted octanol–water partition coefficient (Wildman–Crippen LogP) is 2.74. The zero-order valence-electron chi connectivity index (χ0n) is 54.4. The quantitative estimate of drug-likeness (QED) is 0.0169. The number of esters is 1. The summed E-state index contributed by atoms with van der Waals surface area (Å²) in [6.07, 6.45) is -0.0261. The van der Waals surface area contributed by atoms with Crippen LogP contribution in [0.5, 0.6) is 0 Å². The standard InChI is InChI=1S/C68H85FN8O19/c1-4-68(92)47-34-52-63-45(38-77(52)66(90)46(47)39-96-67(68)91)62-49(18-17-44-41(3)48(69)35-51(74-63)61(44)62)72-56(82)14-11-22-70-55(81)21-19-54(80)50(33-42-12-7-5-8-13-42)73-57(83)20-16-43(79)37-71-64(88)53(36-60(86)87)75(24-26-93-28-30-95-31-29-94-27-25-78)58(84)15-9-6-10-23-76-59(85)32-40(2)65(76)89/h5,7-8,12-13,34-35,40,49-50,53,78,92H,4,6,9-11,14-33,36-39H2,1-3H3,(H,70,81)(H,71,88)(H,72,82)(H,73,83)(H,86,87)/t40?,49-,50-,53-,68-/m0/s1. The monoisotopic (exact) mass is 1340 g/mol. The SMILES string of the molecule is CC[C@@]1(O)C(=O)OCc2c1cc1n(c2=O)Cc2c-1nc1cc(F)c(C)c3c1c2[C@@H](NC(=O)CCCNC(=O)CCC(=O)[C@H](Cc1ccccc1)NC(=O)CCC(=O)CNC(=O)[C@H](CC(=O)O)N(CCOCCOCCOCCO)C(=O)CCCCCN1C(=O)CC(C)C1=O)CC3. The number of carboxylic acid groups (broad SMARTS) is 1. The van der Waals surface area contributed by atoms with E-state index in [0.717, 1.165) is 10.5 Å². The fraction of sp³-hybridized carbons (Fsp3) is 0.544.